The van der Waals surface area contributed by atoms with Gasteiger partial charge in [0.25, 0.3) is 5.91 Å². The lowest BCUT2D eigenvalue weighted by atomic mass is 10.5. The van der Waals surface area contributed by atoms with E-state index in [1.807, 2.05) is 0 Å². The van der Waals surface area contributed by atoms with Crippen molar-refractivity contribution in [1.29, 1.82) is 0 Å². The van der Waals surface area contributed by atoms with Crippen molar-refractivity contribution in [2.75, 3.05) is 5.75 Å². The standard InChI is InChI=1S/C8H10NO3S2/c1-2-3-14(11,12)6-4-7(8(9)10)13-5-6/h5H,2-3H2,1H3,(H2,9,10). The molecule has 1 heterocycles. The third-order valence-corrected chi connectivity index (χ3v) is 4.43. The van der Waals surface area contributed by atoms with Crippen LogP contribution in [-0.2, 0) is 9.84 Å². The molecule has 1 radical (unpaired) electrons. The number of sulfone groups is 1. The smallest absolute Gasteiger partial charge is 0.259 e. The first kappa shape index (κ1) is 11.2. The van der Waals surface area contributed by atoms with Crippen molar-refractivity contribution >= 4 is 27.1 Å². The molecule has 77 valence electrons. The van der Waals surface area contributed by atoms with E-state index in [0.29, 0.717) is 6.42 Å². The Hall–Kier alpha value is -0.880. The quantitative estimate of drug-likeness (QED) is 0.835. The lowest BCUT2D eigenvalue weighted by Crippen LogP contribution is -2.09. The number of hydrogen-bond acceptors (Lipinski definition) is 4. The summed E-state index contributed by atoms with van der Waals surface area (Å²) in [6.07, 6.45) is 0.540. The summed E-state index contributed by atoms with van der Waals surface area (Å²) in [7, 11) is -3.28. The highest BCUT2D eigenvalue weighted by Crippen LogP contribution is 2.19. The molecule has 0 saturated heterocycles. The molecule has 0 aliphatic rings. The van der Waals surface area contributed by atoms with Gasteiger partial charge in [0.05, 0.1) is 10.6 Å². The zero-order valence-electron chi connectivity index (χ0n) is 7.61. The van der Waals surface area contributed by atoms with E-state index >= 15 is 0 Å². The summed E-state index contributed by atoms with van der Waals surface area (Å²) in [6.45, 7) is 1.78. The Bertz CT molecular complexity index is 433. The summed E-state index contributed by atoms with van der Waals surface area (Å²) in [5, 5.41) is 1.39. The Morgan fingerprint density at radius 3 is 2.71 bits per heavy atom. The number of nitrogens with two attached hydrogens (primary N) is 1. The highest BCUT2D eigenvalue weighted by Gasteiger charge is 2.17. The molecule has 0 spiro atoms. The fourth-order valence-corrected chi connectivity index (χ4v) is 3.31. The molecule has 0 atom stereocenters. The van der Waals surface area contributed by atoms with Gasteiger partial charge in [0.1, 0.15) is 4.88 Å². The van der Waals surface area contributed by atoms with E-state index in [1.54, 1.807) is 6.92 Å². The van der Waals surface area contributed by atoms with Crippen LogP contribution in [0.2, 0.25) is 0 Å². The van der Waals surface area contributed by atoms with Gasteiger partial charge in [-0.05, 0) is 6.42 Å². The maximum absolute atomic E-state index is 11.5. The maximum atomic E-state index is 11.5. The van der Waals surface area contributed by atoms with Crippen LogP contribution in [0.15, 0.2) is 10.3 Å². The second-order valence-corrected chi connectivity index (χ2v) is 5.69. The van der Waals surface area contributed by atoms with Crippen molar-refractivity contribution in [3.8, 4) is 0 Å². The number of amides is 1. The summed E-state index contributed by atoms with van der Waals surface area (Å²) in [6, 6.07) is 2.49. The highest BCUT2D eigenvalue weighted by atomic mass is 32.2. The molecule has 1 aromatic rings. The summed E-state index contributed by atoms with van der Waals surface area (Å²) < 4.78 is 23.0. The van der Waals surface area contributed by atoms with Gasteiger partial charge in [0.15, 0.2) is 9.84 Å². The van der Waals surface area contributed by atoms with Crippen LogP contribution in [-0.4, -0.2) is 20.1 Å². The molecule has 1 aromatic heterocycles. The SMILES string of the molecule is CCCS(=O)(=O)c1[c]c(C(N)=O)sc1. The van der Waals surface area contributed by atoms with Crippen molar-refractivity contribution in [2.45, 2.75) is 18.2 Å². The van der Waals surface area contributed by atoms with E-state index < -0.39 is 15.7 Å². The Labute approximate surface area is 86.7 Å². The van der Waals surface area contributed by atoms with E-state index in [4.69, 9.17) is 5.73 Å². The summed E-state index contributed by atoms with van der Waals surface area (Å²) in [4.78, 5) is 10.9. The molecule has 0 aromatic carbocycles. The average molecular weight is 232 g/mol. The zero-order chi connectivity index (χ0) is 10.8. The second kappa shape index (κ2) is 4.10. The molecule has 0 saturated carbocycles. The third kappa shape index (κ3) is 2.33. The molecular formula is C8H10NO3S2. The van der Waals surface area contributed by atoms with Gasteiger partial charge >= 0.3 is 0 Å². The zero-order valence-corrected chi connectivity index (χ0v) is 9.24. The molecule has 6 heteroatoms. The summed E-state index contributed by atoms with van der Waals surface area (Å²) in [5.41, 5.74) is 4.99. The molecule has 2 N–H and O–H groups in total. The van der Waals surface area contributed by atoms with Crippen LogP contribution in [0.3, 0.4) is 0 Å². The van der Waals surface area contributed by atoms with Crippen LogP contribution < -0.4 is 5.73 Å². The van der Waals surface area contributed by atoms with Crippen LogP contribution >= 0.6 is 11.3 Å². The third-order valence-electron chi connectivity index (χ3n) is 1.55. The Kier molecular flexibility index (Phi) is 3.28. The first-order valence-corrected chi connectivity index (χ1v) is 6.54. The first-order valence-electron chi connectivity index (χ1n) is 4.00. The molecule has 0 fully saturated rings. The Morgan fingerprint density at radius 2 is 2.29 bits per heavy atom. The van der Waals surface area contributed by atoms with Crippen molar-refractivity contribution in [3.63, 3.8) is 0 Å². The predicted octanol–water partition coefficient (Wildman–Crippen LogP) is 0.831. The van der Waals surface area contributed by atoms with Gasteiger partial charge in [-0.15, -0.1) is 11.3 Å². The van der Waals surface area contributed by atoms with Crippen LogP contribution in [0, 0.1) is 6.07 Å². The molecule has 0 unspecified atom stereocenters. The molecule has 0 aliphatic carbocycles. The van der Waals surface area contributed by atoms with Crippen molar-refractivity contribution < 1.29 is 13.2 Å². The molecule has 4 nitrogen and oxygen atoms in total. The lowest BCUT2D eigenvalue weighted by Gasteiger charge is -1.96. The average Bonchev–Trinajstić information content (AvgIpc) is 2.51. The van der Waals surface area contributed by atoms with E-state index in [9.17, 15) is 13.2 Å². The number of rotatable bonds is 4. The van der Waals surface area contributed by atoms with Crippen LogP contribution in [0.25, 0.3) is 0 Å². The first-order chi connectivity index (χ1) is 6.47. The minimum atomic E-state index is -3.28. The van der Waals surface area contributed by atoms with Crippen LogP contribution in [0.5, 0.6) is 0 Å². The van der Waals surface area contributed by atoms with Crippen molar-refractivity contribution in [3.05, 3.63) is 16.3 Å². The van der Waals surface area contributed by atoms with E-state index in [-0.39, 0.29) is 15.5 Å². The monoisotopic (exact) mass is 232 g/mol. The Balaban J connectivity index is 3.03. The van der Waals surface area contributed by atoms with Gasteiger partial charge in [-0.2, -0.15) is 0 Å². The van der Waals surface area contributed by atoms with Crippen LogP contribution in [0.1, 0.15) is 23.0 Å². The number of hydrogen-bond donors (Lipinski definition) is 1. The van der Waals surface area contributed by atoms with Crippen LogP contribution in [0.4, 0.5) is 0 Å². The van der Waals surface area contributed by atoms with Gasteiger partial charge in [-0.1, -0.05) is 6.92 Å². The van der Waals surface area contributed by atoms with E-state index in [0.717, 1.165) is 11.3 Å². The van der Waals surface area contributed by atoms with Crippen molar-refractivity contribution in [2.24, 2.45) is 5.73 Å². The van der Waals surface area contributed by atoms with Gasteiger partial charge in [0.2, 0.25) is 0 Å². The largest absolute Gasteiger partial charge is 0.365 e. The minimum absolute atomic E-state index is 0.0677. The number of thiophene rings is 1. The number of carbonyl (C=O) groups is 1. The number of primary amides is 1. The maximum Gasteiger partial charge on any atom is 0.259 e. The summed E-state index contributed by atoms with van der Waals surface area (Å²) in [5.74, 6) is -0.578. The van der Waals surface area contributed by atoms with Gasteiger partial charge in [-0.25, -0.2) is 8.42 Å². The van der Waals surface area contributed by atoms with Crippen molar-refractivity contribution in [1.82, 2.24) is 0 Å². The molecule has 1 amide bonds. The molecular weight excluding hydrogens is 222 g/mol. The predicted molar refractivity (Wildman–Crippen MR) is 54.0 cm³/mol. The fourth-order valence-electron chi connectivity index (χ4n) is 0.933. The normalized spacial score (nSPS) is 11.5. The molecule has 0 aliphatic heterocycles. The topological polar surface area (TPSA) is 77.2 Å². The fraction of sp³-hybridized carbons (Fsp3) is 0.375. The highest BCUT2D eigenvalue weighted by molar-refractivity contribution is 7.91. The molecule has 0 bridgehead atoms. The minimum Gasteiger partial charge on any atom is -0.365 e. The lowest BCUT2D eigenvalue weighted by molar-refractivity contribution is 0.100. The van der Waals surface area contributed by atoms with Gasteiger partial charge in [0, 0.05) is 11.4 Å². The Morgan fingerprint density at radius 1 is 1.64 bits per heavy atom. The van der Waals surface area contributed by atoms with E-state index in [1.165, 1.54) is 5.38 Å². The molecule has 1 rings (SSSR count). The molecule has 14 heavy (non-hydrogen) atoms. The summed E-state index contributed by atoms with van der Waals surface area (Å²) >= 11 is 1.00. The van der Waals surface area contributed by atoms with Gasteiger partial charge in [-0.3, -0.25) is 4.79 Å². The van der Waals surface area contributed by atoms with Gasteiger partial charge < -0.3 is 5.73 Å². The van der Waals surface area contributed by atoms with E-state index in [2.05, 4.69) is 6.07 Å². The second-order valence-electron chi connectivity index (χ2n) is 2.74. The number of carbonyl (C=O) groups excluding carboxylic acids is 1.